The molecule has 0 aliphatic carbocycles. The number of rotatable bonds is 4. The van der Waals surface area contributed by atoms with Crippen molar-refractivity contribution in [3.05, 3.63) is 30.3 Å². The largest absolute Gasteiger partial charge is 0.349 e. The summed E-state index contributed by atoms with van der Waals surface area (Å²) in [5.41, 5.74) is 6.81. The molecule has 0 aliphatic heterocycles. The van der Waals surface area contributed by atoms with Crippen LogP contribution in [-0.2, 0) is 10.0 Å². The van der Waals surface area contributed by atoms with Crippen LogP contribution in [0.3, 0.4) is 0 Å². The van der Waals surface area contributed by atoms with E-state index in [2.05, 4.69) is 11.8 Å². The second-order valence-electron chi connectivity index (χ2n) is 2.68. The number of nitrogens with zero attached hydrogens (tertiary/aromatic N) is 2. The van der Waals surface area contributed by atoms with Gasteiger partial charge in [-0.25, -0.2) is 10.3 Å². The van der Waals surface area contributed by atoms with Gasteiger partial charge in [0.2, 0.25) is 0 Å². The molecule has 16 heavy (non-hydrogen) atoms. The standard InChI is InChI=1S/C8H10N4O3S/c1-10-11-12(8(9)13)16(14,15)7-5-3-2-4-6-7/h2-6,11H,1H2,(H2,9,13). The number of primary amides is 1. The number of hydrazine groups is 1. The molecule has 1 aromatic rings. The fourth-order valence-electron chi connectivity index (χ4n) is 0.984. The lowest BCUT2D eigenvalue weighted by Gasteiger charge is -2.18. The molecule has 2 amide bonds. The van der Waals surface area contributed by atoms with Gasteiger partial charge < -0.3 is 5.73 Å². The molecule has 0 heterocycles. The molecule has 0 unspecified atom stereocenters. The minimum absolute atomic E-state index is 0.0787. The highest BCUT2D eigenvalue weighted by molar-refractivity contribution is 7.89. The summed E-state index contributed by atoms with van der Waals surface area (Å²) in [5, 5.41) is 3.09. The fourth-order valence-corrected chi connectivity index (χ4v) is 2.10. The van der Waals surface area contributed by atoms with Crippen LogP contribution >= 0.6 is 0 Å². The zero-order valence-corrected chi connectivity index (χ0v) is 9.02. The molecule has 1 aromatic carbocycles. The number of carbonyl (C=O) groups is 1. The molecule has 0 aromatic heterocycles. The Balaban J connectivity index is 3.19. The second-order valence-corrected chi connectivity index (χ2v) is 4.47. The first kappa shape index (κ1) is 12.0. The Labute approximate surface area is 92.6 Å². The van der Waals surface area contributed by atoms with Crippen LogP contribution in [-0.4, -0.2) is 25.6 Å². The molecule has 1 rings (SSSR count). The highest BCUT2D eigenvalue weighted by Crippen LogP contribution is 2.12. The van der Waals surface area contributed by atoms with Gasteiger partial charge in [0.15, 0.2) is 0 Å². The van der Waals surface area contributed by atoms with E-state index in [1.807, 2.05) is 5.53 Å². The zero-order valence-electron chi connectivity index (χ0n) is 8.20. The fraction of sp³-hybridized carbons (Fsp3) is 0. The van der Waals surface area contributed by atoms with E-state index < -0.39 is 16.1 Å². The van der Waals surface area contributed by atoms with Gasteiger partial charge in [0, 0.05) is 6.72 Å². The van der Waals surface area contributed by atoms with Gasteiger partial charge in [0.1, 0.15) is 0 Å². The summed E-state index contributed by atoms with van der Waals surface area (Å²) in [4.78, 5) is 10.8. The van der Waals surface area contributed by atoms with Crippen molar-refractivity contribution in [2.45, 2.75) is 4.90 Å². The maximum absolute atomic E-state index is 11.8. The van der Waals surface area contributed by atoms with Gasteiger partial charge in [0.25, 0.3) is 10.0 Å². The smallest absolute Gasteiger partial charge is 0.349 e. The third-order valence-corrected chi connectivity index (χ3v) is 3.25. The van der Waals surface area contributed by atoms with Crippen molar-refractivity contribution in [1.29, 1.82) is 0 Å². The summed E-state index contributed by atoms with van der Waals surface area (Å²) in [6, 6.07) is 6.15. The number of sulfonamides is 1. The summed E-state index contributed by atoms with van der Waals surface area (Å²) >= 11 is 0. The maximum atomic E-state index is 11.8. The van der Waals surface area contributed by atoms with Crippen LogP contribution in [0, 0.1) is 0 Å². The molecule has 0 fully saturated rings. The Bertz CT molecular complexity index is 485. The van der Waals surface area contributed by atoms with Crippen LogP contribution in [0.2, 0.25) is 0 Å². The topological polar surface area (TPSA) is 105 Å². The molecule has 0 atom stereocenters. The monoisotopic (exact) mass is 242 g/mol. The predicted octanol–water partition coefficient (Wildman–Crippen LogP) is -0.124. The number of hydrazone groups is 1. The minimum atomic E-state index is -4.05. The van der Waals surface area contributed by atoms with Crippen molar-refractivity contribution in [3.8, 4) is 0 Å². The molecule has 0 radical (unpaired) electrons. The number of nitrogens with two attached hydrogens (primary N) is 1. The number of benzene rings is 1. The van der Waals surface area contributed by atoms with E-state index in [1.54, 1.807) is 6.07 Å². The summed E-state index contributed by atoms with van der Waals surface area (Å²) < 4.78 is 23.9. The maximum Gasteiger partial charge on any atom is 0.349 e. The lowest BCUT2D eigenvalue weighted by atomic mass is 10.4. The SMILES string of the molecule is C=NNN(C(N)=O)S(=O)(=O)c1ccccc1. The number of urea groups is 1. The molecule has 0 aliphatic rings. The second kappa shape index (κ2) is 4.62. The highest BCUT2D eigenvalue weighted by Gasteiger charge is 2.27. The number of amides is 2. The number of hydrogen-bond donors (Lipinski definition) is 2. The average molecular weight is 242 g/mol. The molecule has 0 spiro atoms. The molecule has 7 nitrogen and oxygen atoms in total. The van der Waals surface area contributed by atoms with E-state index in [0.717, 1.165) is 0 Å². The summed E-state index contributed by atoms with van der Waals surface area (Å²) in [6.45, 7) is 3.02. The molecular weight excluding hydrogens is 232 g/mol. The van der Waals surface area contributed by atoms with Gasteiger partial charge in [-0.3, -0.25) is 0 Å². The molecule has 0 saturated carbocycles. The molecule has 3 N–H and O–H groups in total. The van der Waals surface area contributed by atoms with E-state index in [9.17, 15) is 13.2 Å². The van der Waals surface area contributed by atoms with Crippen LogP contribution in [0.25, 0.3) is 0 Å². The minimum Gasteiger partial charge on any atom is -0.349 e. The van der Waals surface area contributed by atoms with Crippen LogP contribution in [0.1, 0.15) is 0 Å². The molecule has 86 valence electrons. The number of hydrogen-bond acceptors (Lipinski definition) is 5. The van der Waals surface area contributed by atoms with E-state index in [4.69, 9.17) is 5.73 Å². The van der Waals surface area contributed by atoms with E-state index in [-0.39, 0.29) is 9.31 Å². The summed E-state index contributed by atoms with van der Waals surface area (Å²) in [5.74, 6) is 0. The summed E-state index contributed by atoms with van der Waals surface area (Å²) in [6.07, 6.45) is 0. The molecule has 0 saturated heterocycles. The van der Waals surface area contributed by atoms with E-state index in [0.29, 0.717) is 0 Å². The third-order valence-electron chi connectivity index (χ3n) is 1.64. The van der Waals surface area contributed by atoms with Crippen LogP contribution in [0.4, 0.5) is 4.79 Å². The van der Waals surface area contributed by atoms with Crippen molar-refractivity contribution in [2.24, 2.45) is 10.8 Å². The first-order chi connectivity index (χ1) is 7.50. The van der Waals surface area contributed by atoms with Crippen molar-refractivity contribution < 1.29 is 13.2 Å². The van der Waals surface area contributed by atoms with Crippen molar-refractivity contribution in [3.63, 3.8) is 0 Å². The Hall–Kier alpha value is -2.09. The van der Waals surface area contributed by atoms with E-state index in [1.165, 1.54) is 24.3 Å². The Morgan fingerprint density at radius 2 is 1.94 bits per heavy atom. The van der Waals surface area contributed by atoms with Gasteiger partial charge >= 0.3 is 6.03 Å². The molecule has 8 heteroatoms. The van der Waals surface area contributed by atoms with Gasteiger partial charge in [-0.2, -0.15) is 13.5 Å². The third kappa shape index (κ3) is 2.28. The number of nitrogens with one attached hydrogen (secondary N) is 1. The first-order valence-corrected chi connectivity index (χ1v) is 5.55. The van der Waals surface area contributed by atoms with Crippen molar-refractivity contribution >= 4 is 22.8 Å². The lowest BCUT2D eigenvalue weighted by molar-refractivity contribution is 0.220. The van der Waals surface area contributed by atoms with Crippen LogP contribution < -0.4 is 11.3 Å². The lowest BCUT2D eigenvalue weighted by Crippen LogP contribution is -2.47. The quantitative estimate of drug-likeness (QED) is 0.567. The number of carbonyl (C=O) groups excluding carboxylic acids is 1. The predicted molar refractivity (Wildman–Crippen MR) is 57.7 cm³/mol. The first-order valence-electron chi connectivity index (χ1n) is 4.11. The Kier molecular flexibility index (Phi) is 3.46. The normalized spacial score (nSPS) is 10.5. The van der Waals surface area contributed by atoms with E-state index >= 15 is 0 Å². The molecular formula is C8H10N4O3S. The van der Waals surface area contributed by atoms with Crippen LogP contribution in [0.5, 0.6) is 0 Å². The Morgan fingerprint density at radius 3 is 2.38 bits per heavy atom. The molecule has 0 bridgehead atoms. The highest BCUT2D eigenvalue weighted by atomic mass is 32.2. The van der Waals surface area contributed by atoms with Crippen LogP contribution in [0.15, 0.2) is 40.3 Å². The van der Waals surface area contributed by atoms with Crippen molar-refractivity contribution in [1.82, 2.24) is 9.95 Å². The summed E-state index contributed by atoms with van der Waals surface area (Å²) in [7, 11) is -4.05. The zero-order chi connectivity index (χ0) is 12.2. The Morgan fingerprint density at radius 1 is 1.38 bits per heavy atom. The van der Waals surface area contributed by atoms with Gasteiger partial charge in [-0.05, 0) is 12.1 Å². The average Bonchev–Trinajstić information content (AvgIpc) is 2.26. The van der Waals surface area contributed by atoms with Gasteiger partial charge in [0.05, 0.1) is 4.90 Å². The van der Waals surface area contributed by atoms with Gasteiger partial charge in [-0.1, -0.05) is 18.2 Å². The van der Waals surface area contributed by atoms with Gasteiger partial charge in [-0.15, -0.1) is 4.41 Å². The van der Waals surface area contributed by atoms with Crippen molar-refractivity contribution in [2.75, 3.05) is 0 Å².